The van der Waals surface area contributed by atoms with Crippen molar-refractivity contribution >= 4 is 11.9 Å². The average molecular weight is 333 g/mol. The first-order chi connectivity index (χ1) is 11.5. The van der Waals surface area contributed by atoms with Crippen LogP contribution in [-0.4, -0.2) is 56.9 Å². The zero-order valence-corrected chi connectivity index (χ0v) is 13.4. The summed E-state index contributed by atoms with van der Waals surface area (Å²) in [6, 6.07) is 7.40. The van der Waals surface area contributed by atoms with Gasteiger partial charge in [0.25, 0.3) is 0 Å². The van der Waals surface area contributed by atoms with Crippen LogP contribution in [0.4, 0.5) is 0 Å². The van der Waals surface area contributed by atoms with Crippen molar-refractivity contribution in [3.8, 4) is 11.4 Å². The van der Waals surface area contributed by atoms with Gasteiger partial charge in [-0.3, -0.25) is 4.79 Å². The predicted molar refractivity (Wildman–Crippen MR) is 84.0 cm³/mol. The van der Waals surface area contributed by atoms with Crippen LogP contribution < -0.4 is 5.32 Å². The first-order valence-corrected chi connectivity index (χ1v) is 7.40. The number of carboxylic acids is 1. The SMILES string of the molecule is COCCC(NC(=O)C(C)n1nnc(-c2ccccc2)n1)C(=O)O. The van der Waals surface area contributed by atoms with Crippen molar-refractivity contribution in [3.05, 3.63) is 30.3 Å². The highest BCUT2D eigenvalue weighted by Crippen LogP contribution is 2.13. The van der Waals surface area contributed by atoms with Crippen LogP contribution in [0.1, 0.15) is 19.4 Å². The Morgan fingerprint density at radius 3 is 2.67 bits per heavy atom. The summed E-state index contributed by atoms with van der Waals surface area (Å²) in [5.74, 6) is -1.23. The third kappa shape index (κ3) is 4.35. The summed E-state index contributed by atoms with van der Waals surface area (Å²) < 4.78 is 4.85. The molecule has 0 radical (unpaired) electrons. The molecule has 0 bridgehead atoms. The molecule has 0 saturated heterocycles. The van der Waals surface area contributed by atoms with E-state index in [-0.39, 0.29) is 13.0 Å². The van der Waals surface area contributed by atoms with E-state index in [1.54, 1.807) is 6.92 Å². The highest BCUT2D eigenvalue weighted by molar-refractivity contribution is 5.85. The Kier molecular flexibility index (Phi) is 5.96. The van der Waals surface area contributed by atoms with E-state index in [0.717, 1.165) is 10.4 Å². The lowest BCUT2D eigenvalue weighted by molar-refractivity contribution is -0.142. The first kappa shape index (κ1) is 17.5. The van der Waals surface area contributed by atoms with Gasteiger partial charge in [-0.1, -0.05) is 30.3 Å². The normalized spacial score (nSPS) is 13.2. The summed E-state index contributed by atoms with van der Waals surface area (Å²) >= 11 is 0. The molecule has 2 rings (SSSR count). The average Bonchev–Trinajstić information content (AvgIpc) is 3.08. The molecule has 2 aromatic rings. The Hall–Kier alpha value is -2.81. The van der Waals surface area contributed by atoms with Gasteiger partial charge in [-0.25, -0.2) is 4.79 Å². The van der Waals surface area contributed by atoms with Gasteiger partial charge >= 0.3 is 5.97 Å². The summed E-state index contributed by atoms with van der Waals surface area (Å²) in [6.07, 6.45) is 0.171. The molecule has 1 amide bonds. The Morgan fingerprint density at radius 1 is 1.33 bits per heavy atom. The predicted octanol–water partition coefficient (Wildman–Crippen LogP) is 0.507. The van der Waals surface area contributed by atoms with Crippen LogP contribution in [0.2, 0.25) is 0 Å². The van der Waals surface area contributed by atoms with Gasteiger partial charge in [0, 0.05) is 25.7 Å². The van der Waals surface area contributed by atoms with E-state index in [1.807, 2.05) is 30.3 Å². The number of aromatic nitrogens is 4. The summed E-state index contributed by atoms with van der Waals surface area (Å²) in [4.78, 5) is 24.6. The number of methoxy groups -OCH3 is 1. The number of benzene rings is 1. The molecule has 0 saturated carbocycles. The molecule has 0 spiro atoms. The Labute approximate surface area is 138 Å². The topological polar surface area (TPSA) is 119 Å². The molecule has 2 unspecified atom stereocenters. The maximum absolute atomic E-state index is 12.2. The van der Waals surface area contributed by atoms with E-state index < -0.39 is 24.0 Å². The van der Waals surface area contributed by atoms with Crippen molar-refractivity contribution in [2.24, 2.45) is 0 Å². The van der Waals surface area contributed by atoms with Gasteiger partial charge in [0.2, 0.25) is 11.7 Å². The van der Waals surface area contributed by atoms with Gasteiger partial charge in [0.1, 0.15) is 12.1 Å². The van der Waals surface area contributed by atoms with Crippen LogP contribution in [0.25, 0.3) is 11.4 Å². The molecule has 0 aliphatic heterocycles. The summed E-state index contributed by atoms with van der Waals surface area (Å²) in [7, 11) is 1.47. The molecule has 0 fully saturated rings. The molecule has 128 valence electrons. The Bertz CT molecular complexity index is 688. The van der Waals surface area contributed by atoms with E-state index in [4.69, 9.17) is 9.84 Å². The van der Waals surface area contributed by atoms with Crippen molar-refractivity contribution in [1.82, 2.24) is 25.5 Å². The molecule has 1 heterocycles. The number of carbonyl (C=O) groups excluding carboxylic acids is 1. The van der Waals surface area contributed by atoms with E-state index in [2.05, 4.69) is 20.7 Å². The van der Waals surface area contributed by atoms with Crippen LogP contribution >= 0.6 is 0 Å². The minimum Gasteiger partial charge on any atom is -0.480 e. The number of rotatable bonds is 8. The van der Waals surface area contributed by atoms with Gasteiger partial charge in [-0.15, -0.1) is 10.2 Å². The molecular weight excluding hydrogens is 314 g/mol. The first-order valence-electron chi connectivity index (χ1n) is 7.40. The smallest absolute Gasteiger partial charge is 0.326 e. The molecule has 0 aliphatic carbocycles. The number of hydrogen-bond acceptors (Lipinski definition) is 6. The van der Waals surface area contributed by atoms with Crippen molar-refractivity contribution in [3.63, 3.8) is 0 Å². The minimum atomic E-state index is -1.12. The van der Waals surface area contributed by atoms with Crippen molar-refractivity contribution in [2.45, 2.75) is 25.4 Å². The Morgan fingerprint density at radius 2 is 2.04 bits per heavy atom. The lowest BCUT2D eigenvalue weighted by Crippen LogP contribution is -2.44. The van der Waals surface area contributed by atoms with Crippen molar-refractivity contribution in [2.75, 3.05) is 13.7 Å². The minimum absolute atomic E-state index is 0.171. The van der Waals surface area contributed by atoms with Gasteiger partial charge in [0.05, 0.1) is 0 Å². The summed E-state index contributed by atoms with van der Waals surface area (Å²) in [6.45, 7) is 1.80. The zero-order valence-electron chi connectivity index (χ0n) is 13.4. The fourth-order valence-electron chi connectivity index (χ4n) is 1.98. The molecule has 1 aromatic carbocycles. The molecule has 1 aromatic heterocycles. The number of ether oxygens (including phenoxy) is 1. The van der Waals surface area contributed by atoms with E-state index in [1.165, 1.54) is 7.11 Å². The molecule has 2 atom stereocenters. The number of aliphatic carboxylic acids is 1. The number of carbonyl (C=O) groups is 2. The number of hydrogen-bond donors (Lipinski definition) is 2. The molecule has 24 heavy (non-hydrogen) atoms. The van der Waals surface area contributed by atoms with Crippen molar-refractivity contribution in [1.29, 1.82) is 0 Å². The third-order valence-corrected chi connectivity index (χ3v) is 3.41. The number of amides is 1. The Balaban J connectivity index is 2.05. The number of carboxylic acid groups (broad SMARTS) is 1. The lowest BCUT2D eigenvalue weighted by atomic mass is 10.2. The lowest BCUT2D eigenvalue weighted by Gasteiger charge is -2.16. The quantitative estimate of drug-likeness (QED) is 0.722. The largest absolute Gasteiger partial charge is 0.480 e. The second kappa shape index (κ2) is 8.16. The van der Waals surface area contributed by atoms with E-state index in [9.17, 15) is 9.59 Å². The second-order valence-electron chi connectivity index (χ2n) is 5.16. The van der Waals surface area contributed by atoms with Crippen LogP contribution in [0, 0.1) is 0 Å². The van der Waals surface area contributed by atoms with Crippen LogP contribution in [0.15, 0.2) is 30.3 Å². The van der Waals surface area contributed by atoms with Gasteiger partial charge < -0.3 is 15.2 Å². The maximum Gasteiger partial charge on any atom is 0.326 e. The zero-order chi connectivity index (χ0) is 17.5. The van der Waals surface area contributed by atoms with Gasteiger partial charge in [-0.2, -0.15) is 4.80 Å². The number of tetrazole rings is 1. The monoisotopic (exact) mass is 333 g/mol. The highest BCUT2D eigenvalue weighted by atomic mass is 16.5. The maximum atomic E-state index is 12.2. The highest BCUT2D eigenvalue weighted by Gasteiger charge is 2.25. The molecule has 9 nitrogen and oxygen atoms in total. The van der Waals surface area contributed by atoms with Gasteiger partial charge in [-0.05, 0) is 12.1 Å². The van der Waals surface area contributed by atoms with Crippen molar-refractivity contribution < 1.29 is 19.4 Å². The third-order valence-electron chi connectivity index (χ3n) is 3.41. The molecule has 9 heteroatoms. The number of nitrogens with zero attached hydrogens (tertiary/aromatic N) is 4. The van der Waals surface area contributed by atoms with E-state index in [0.29, 0.717) is 5.82 Å². The molecule has 2 N–H and O–H groups in total. The standard InChI is InChI=1S/C15H19N5O4/c1-10(14(21)16-12(15(22)23)8-9-24-2)20-18-13(17-19-20)11-6-4-3-5-7-11/h3-7,10,12H,8-9H2,1-2H3,(H,16,21)(H,22,23). The fraction of sp³-hybridized carbons (Fsp3) is 0.400. The summed E-state index contributed by atoms with van der Waals surface area (Å²) in [5, 5.41) is 23.6. The van der Waals surface area contributed by atoms with Crippen LogP contribution in [-0.2, 0) is 14.3 Å². The fourth-order valence-corrected chi connectivity index (χ4v) is 1.98. The van der Waals surface area contributed by atoms with E-state index >= 15 is 0 Å². The summed E-state index contributed by atoms with van der Waals surface area (Å²) in [5.41, 5.74) is 0.778. The molecular formula is C15H19N5O4. The second-order valence-corrected chi connectivity index (χ2v) is 5.16. The molecule has 0 aliphatic rings. The van der Waals surface area contributed by atoms with Gasteiger partial charge in [0.15, 0.2) is 0 Å². The number of nitrogens with one attached hydrogen (secondary N) is 1. The van der Waals surface area contributed by atoms with Crippen LogP contribution in [0.5, 0.6) is 0 Å². The van der Waals surface area contributed by atoms with Crippen LogP contribution in [0.3, 0.4) is 0 Å².